The molecule has 240 valence electrons. The number of amides is 1. The minimum absolute atomic E-state index is 0.230. The lowest BCUT2D eigenvalue weighted by Gasteiger charge is -2.39. The second-order valence-corrected chi connectivity index (χ2v) is 12.0. The van der Waals surface area contributed by atoms with Crippen LogP contribution in [0, 0.1) is 5.82 Å². The van der Waals surface area contributed by atoms with Crippen molar-refractivity contribution < 1.29 is 28.3 Å². The normalized spacial score (nSPS) is 18.3. The van der Waals surface area contributed by atoms with Gasteiger partial charge in [-0.25, -0.2) is 9.18 Å². The molecule has 1 amide bonds. The van der Waals surface area contributed by atoms with E-state index in [2.05, 4.69) is 32.2 Å². The van der Waals surface area contributed by atoms with Crippen LogP contribution in [0.15, 0.2) is 77.3 Å². The molecule has 2 fully saturated rings. The molecule has 1 aromatic heterocycles. The fraction of sp³-hybridized carbons (Fsp3) is 0.371. The Bertz CT molecular complexity index is 1650. The average molecular weight is 628 g/mol. The molecule has 2 aliphatic heterocycles. The summed E-state index contributed by atoms with van der Waals surface area (Å²) in [5.74, 6) is -0.0946. The standard InChI is InChI=1S/C35H38FN5O5/c1-2-41-18-6-9-28(41)22-37-33(42)35(45-34(43)44)16-19-40(20-17-35)23-24-10-12-26(13-11-24)31-38-32(46-39-31)27-14-15-29(30(36)21-27)25-7-4-3-5-8-25/h3-5,7-8,10-15,21,28H,2,6,9,16-20,22-23H2,1H3,(H,37,42)(H,43,44). The molecule has 3 heterocycles. The predicted molar refractivity (Wildman–Crippen MR) is 170 cm³/mol. The maximum atomic E-state index is 14.9. The van der Waals surface area contributed by atoms with Crippen LogP contribution in [0.4, 0.5) is 9.18 Å². The number of carboxylic acid groups (broad SMARTS) is 1. The summed E-state index contributed by atoms with van der Waals surface area (Å²) in [6.07, 6.45) is 1.25. The fourth-order valence-electron chi connectivity index (χ4n) is 6.50. The van der Waals surface area contributed by atoms with Crippen molar-refractivity contribution in [2.45, 2.75) is 50.8 Å². The number of nitrogens with one attached hydrogen (secondary N) is 1. The first-order valence-electron chi connectivity index (χ1n) is 15.8. The van der Waals surface area contributed by atoms with Crippen LogP contribution in [0.3, 0.4) is 0 Å². The molecule has 0 saturated carbocycles. The van der Waals surface area contributed by atoms with Crippen molar-refractivity contribution in [2.24, 2.45) is 0 Å². The van der Waals surface area contributed by atoms with E-state index in [0.717, 1.165) is 42.6 Å². The van der Waals surface area contributed by atoms with Gasteiger partial charge in [0, 0.05) is 61.8 Å². The Hall–Kier alpha value is -4.61. The zero-order valence-corrected chi connectivity index (χ0v) is 25.8. The molecule has 2 N–H and O–H groups in total. The van der Waals surface area contributed by atoms with E-state index in [1.165, 1.54) is 6.07 Å². The Morgan fingerprint density at radius 2 is 1.76 bits per heavy atom. The lowest BCUT2D eigenvalue weighted by Crippen LogP contribution is -2.57. The van der Waals surface area contributed by atoms with Crippen LogP contribution in [-0.4, -0.2) is 81.5 Å². The molecule has 2 saturated heterocycles. The van der Waals surface area contributed by atoms with Gasteiger partial charge in [0.15, 0.2) is 5.60 Å². The molecule has 0 radical (unpaired) electrons. The van der Waals surface area contributed by atoms with Crippen molar-refractivity contribution in [3.63, 3.8) is 0 Å². The zero-order chi connectivity index (χ0) is 32.1. The van der Waals surface area contributed by atoms with Crippen LogP contribution in [0.5, 0.6) is 0 Å². The number of benzene rings is 3. The van der Waals surface area contributed by atoms with Crippen LogP contribution in [0.25, 0.3) is 34.0 Å². The summed E-state index contributed by atoms with van der Waals surface area (Å²) >= 11 is 0. The lowest BCUT2D eigenvalue weighted by atomic mass is 9.89. The van der Waals surface area contributed by atoms with Gasteiger partial charge in [-0.2, -0.15) is 4.98 Å². The molecule has 10 nitrogen and oxygen atoms in total. The molecule has 1 atom stereocenters. The van der Waals surface area contributed by atoms with Gasteiger partial charge in [-0.1, -0.05) is 72.7 Å². The van der Waals surface area contributed by atoms with Crippen molar-refractivity contribution in [1.29, 1.82) is 0 Å². The Morgan fingerprint density at radius 3 is 2.46 bits per heavy atom. The number of carbonyl (C=O) groups is 2. The quantitative estimate of drug-likeness (QED) is 0.209. The Labute approximate surface area is 267 Å². The molecular formula is C35H38FN5O5. The molecule has 0 bridgehead atoms. The van der Waals surface area contributed by atoms with E-state index in [0.29, 0.717) is 43.1 Å². The molecule has 2 aliphatic rings. The number of piperidine rings is 1. The Kier molecular flexibility index (Phi) is 9.41. The van der Waals surface area contributed by atoms with Gasteiger partial charge in [0.25, 0.3) is 11.8 Å². The van der Waals surface area contributed by atoms with Crippen molar-refractivity contribution in [3.05, 3.63) is 84.2 Å². The van der Waals surface area contributed by atoms with Gasteiger partial charge in [-0.15, -0.1) is 0 Å². The van der Waals surface area contributed by atoms with E-state index in [4.69, 9.17) is 9.26 Å². The highest BCUT2D eigenvalue weighted by atomic mass is 19.1. The monoisotopic (exact) mass is 627 g/mol. The van der Waals surface area contributed by atoms with Crippen LogP contribution in [-0.2, 0) is 16.1 Å². The van der Waals surface area contributed by atoms with Crippen molar-refractivity contribution in [3.8, 4) is 34.0 Å². The van der Waals surface area contributed by atoms with E-state index < -0.39 is 11.8 Å². The number of hydrogen-bond acceptors (Lipinski definition) is 8. The second kappa shape index (κ2) is 13.8. The summed E-state index contributed by atoms with van der Waals surface area (Å²) in [6.45, 7) is 6.20. The maximum absolute atomic E-state index is 14.9. The van der Waals surface area contributed by atoms with E-state index in [-0.39, 0.29) is 36.5 Å². The number of rotatable bonds is 10. The Morgan fingerprint density at radius 1 is 1.02 bits per heavy atom. The first-order valence-corrected chi connectivity index (χ1v) is 15.8. The summed E-state index contributed by atoms with van der Waals surface area (Å²) in [7, 11) is 0. The molecule has 46 heavy (non-hydrogen) atoms. The van der Waals surface area contributed by atoms with Gasteiger partial charge in [0.05, 0.1) is 0 Å². The molecule has 4 aromatic rings. The highest BCUT2D eigenvalue weighted by Crippen LogP contribution is 2.30. The van der Waals surface area contributed by atoms with Crippen molar-refractivity contribution in [1.82, 2.24) is 25.3 Å². The minimum Gasteiger partial charge on any atom is -0.450 e. The molecule has 0 aliphatic carbocycles. The summed E-state index contributed by atoms with van der Waals surface area (Å²) in [5.41, 5.74) is 2.20. The van der Waals surface area contributed by atoms with Crippen molar-refractivity contribution in [2.75, 3.05) is 32.7 Å². The smallest absolute Gasteiger partial charge is 0.450 e. The zero-order valence-electron chi connectivity index (χ0n) is 25.8. The SMILES string of the molecule is CCN1CCCC1CNC(=O)C1(OC(=O)O)CCN(Cc2ccc(-c3noc(-c4ccc(-c5ccccc5)c(F)c4)n3)cc2)CC1. The fourth-order valence-corrected chi connectivity index (χ4v) is 6.50. The molecule has 6 rings (SSSR count). The van der Waals surface area contributed by atoms with Gasteiger partial charge < -0.3 is 19.7 Å². The van der Waals surface area contributed by atoms with Gasteiger partial charge in [0.1, 0.15) is 5.82 Å². The number of hydrogen-bond donors (Lipinski definition) is 2. The third-order valence-corrected chi connectivity index (χ3v) is 9.11. The highest BCUT2D eigenvalue weighted by Gasteiger charge is 2.45. The molecule has 11 heteroatoms. The molecular weight excluding hydrogens is 589 g/mol. The molecule has 3 aromatic carbocycles. The molecule has 0 spiro atoms. The summed E-state index contributed by atoms with van der Waals surface area (Å²) in [6, 6.07) is 22.2. The maximum Gasteiger partial charge on any atom is 0.506 e. The minimum atomic E-state index is -1.44. The van der Waals surface area contributed by atoms with Crippen LogP contribution in [0.2, 0.25) is 0 Å². The molecule has 1 unspecified atom stereocenters. The first kappa shape index (κ1) is 31.4. The van der Waals surface area contributed by atoms with Gasteiger partial charge >= 0.3 is 6.16 Å². The Balaban J connectivity index is 1.05. The van der Waals surface area contributed by atoms with Crippen LogP contribution >= 0.6 is 0 Å². The number of likely N-dealkylation sites (N-methyl/N-ethyl adjacent to an activating group) is 1. The lowest BCUT2D eigenvalue weighted by molar-refractivity contribution is -0.148. The van der Waals surface area contributed by atoms with Gasteiger partial charge in [-0.3, -0.25) is 14.6 Å². The predicted octanol–water partition coefficient (Wildman–Crippen LogP) is 5.84. The summed E-state index contributed by atoms with van der Waals surface area (Å²) < 4.78 is 25.6. The number of ether oxygens (including phenoxy) is 1. The number of carbonyl (C=O) groups excluding carboxylic acids is 1. The van der Waals surface area contributed by atoms with Crippen molar-refractivity contribution >= 4 is 12.1 Å². The number of halogens is 1. The van der Waals surface area contributed by atoms with Crippen LogP contribution in [0.1, 0.15) is 38.2 Å². The number of aromatic nitrogens is 2. The van der Waals surface area contributed by atoms with E-state index >= 15 is 0 Å². The summed E-state index contributed by atoms with van der Waals surface area (Å²) in [4.78, 5) is 33.8. The van der Waals surface area contributed by atoms with Gasteiger partial charge in [-0.05, 0) is 49.2 Å². The second-order valence-electron chi connectivity index (χ2n) is 12.0. The highest BCUT2D eigenvalue weighted by molar-refractivity contribution is 5.87. The number of likely N-dealkylation sites (tertiary alicyclic amines) is 2. The topological polar surface area (TPSA) is 121 Å². The van der Waals surface area contributed by atoms with Gasteiger partial charge in [0.2, 0.25) is 5.82 Å². The summed E-state index contributed by atoms with van der Waals surface area (Å²) in [5, 5.41) is 16.5. The van der Waals surface area contributed by atoms with Crippen LogP contribution < -0.4 is 5.32 Å². The first-order chi connectivity index (χ1) is 22.3. The number of nitrogens with zero attached hydrogens (tertiary/aromatic N) is 4. The third kappa shape index (κ3) is 6.95. The average Bonchev–Trinajstić information content (AvgIpc) is 3.75. The van der Waals surface area contributed by atoms with E-state index in [1.807, 2.05) is 54.6 Å². The van der Waals surface area contributed by atoms with E-state index in [9.17, 15) is 19.1 Å². The largest absolute Gasteiger partial charge is 0.506 e. The third-order valence-electron chi connectivity index (χ3n) is 9.11. The van der Waals surface area contributed by atoms with E-state index in [1.54, 1.807) is 12.1 Å².